The number of anilines is 1. The highest BCUT2D eigenvalue weighted by Gasteiger charge is 2.23. The number of aryl methyl sites for hydroxylation is 1. The summed E-state index contributed by atoms with van der Waals surface area (Å²) >= 11 is 6.14. The Morgan fingerprint density at radius 3 is 2.45 bits per heavy atom. The fraction of sp³-hybridized carbons (Fsp3) is 0.375. The van der Waals surface area contributed by atoms with Crippen molar-refractivity contribution in [3.05, 3.63) is 58.6 Å². The van der Waals surface area contributed by atoms with Gasteiger partial charge in [-0.2, -0.15) is 0 Å². The molecule has 0 aliphatic carbocycles. The van der Waals surface area contributed by atoms with Gasteiger partial charge in [-0.1, -0.05) is 36.7 Å². The Labute approximate surface area is 198 Å². The molecule has 1 aliphatic rings. The zero-order valence-corrected chi connectivity index (χ0v) is 19.6. The molecule has 2 aromatic carbocycles. The Bertz CT molecular complexity index is 1010. The molecular weight excluding hydrogens is 446 g/mol. The molecular formula is C24H28ClN3O5. The summed E-state index contributed by atoms with van der Waals surface area (Å²) in [5.74, 6) is -0.408. The Kier molecular flexibility index (Phi) is 8.68. The third kappa shape index (κ3) is 6.69. The summed E-state index contributed by atoms with van der Waals surface area (Å²) in [5.41, 5.74) is 2.25. The average Bonchev–Trinajstić information content (AvgIpc) is 2.83. The van der Waals surface area contributed by atoms with Crippen molar-refractivity contribution in [2.75, 3.05) is 51.8 Å². The molecule has 8 nitrogen and oxygen atoms in total. The van der Waals surface area contributed by atoms with Crippen molar-refractivity contribution >= 4 is 35.1 Å². The Balaban J connectivity index is 1.43. The Morgan fingerprint density at radius 1 is 1.06 bits per heavy atom. The summed E-state index contributed by atoms with van der Waals surface area (Å²) in [5, 5.41) is 3.21. The lowest BCUT2D eigenvalue weighted by Crippen LogP contribution is -2.51. The number of hydrogen-bond acceptors (Lipinski definition) is 6. The minimum absolute atomic E-state index is 0.0657. The number of para-hydroxylation sites is 1. The minimum atomic E-state index is -0.499. The van der Waals surface area contributed by atoms with E-state index in [1.54, 1.807) is 4.90 Å². The van der Waals surface area contributed by atoms with Gasteiger partial charge in [0.05, 0.1) is 24.2 Å². The van der Waals surface area contributed by atoms with Gasteiger partial charge in [0.1, 0.15) is 5.75 Å². The summed E-state index contributed by atoms with van der Waals surface area (Å²) in [4.78, 5) is 40.3. The molecule has 176 valence electrons. The summed E-state index contributed by atoms with van der Waals surface area (Å²) < 4.78 is 10.2. The van der Waals surface area contributed by atoms with Crippen molar-refractivity contribution in [3.63, 3.8) is 0 Å². The van der Waals surface area contributed by atoms with E-state index in [1.165, 1.54) is 25.3 Å². The highest BCUT2D eigenvalue weighted by atomic mass is 35.5. The van der Waals surface area contributed by atoms with Gasteiger partial charge in [0.25, 0.3) is 5.91 Å². The topological polar surface area (TPSA) is 88.2 Å². The lowest BCUT2D eigenvalue weighted by Gasteiger charge is -2.34. The number of rotatable bonds is 8. The van der Waals surface area contributed by atoms with Gasteiger partial charge in [0, 0.05) is 31.9 Å². The largest absolute Gasteiger partial charge is 0.482 e. The first kappa shape index (κ1) is 24.5. The second-order valence-corrected chi connectivity index (χ2v) is 8.05. The highest BCUT2D eigenvalue weighted by Crippen LogP contribution is 2.26. The molecule has 0 atom stereocenters. The SMILES string of the molecule is CCc1ccccc1NC(=O)CN1CCN(C(=O)COc2ccc(C(=O)OC)cc2Cl)CC1. The van der Waals surface area contributed by atoms with Crippen LogP contribution in [0.1, 0.15) is 22.8 Å². The third-order valence-corrected chi connectivity index (χ3v) is 5.76. The minimum Gasteiger partial charge on any atom is -0.482 e. The molecule has 0 saturated carbocycles. The van der Waals surface area contributed by atoms with Crippen LogP contribution in [0.3, 0.4) is 0 Å². The van der Waals surface area contributed by atoms with E-state index in [1.807, 2.05) is 29.2 Å². The van der Waals surface area contributed by atoms with Crippen LogP contribution in [0.2, 0.25) is 5.02 Å². The number of benzene rings is 2. The number of amides is 2. The van der Waals surface area contributed by atoms with E-state index in [-0.39, 0.29) is 30.0 Å². The standard InChI is InChI=1S/C24H28ClN3O5/c1-3-17-6-4-5-7-20(17)26-22(29)15-27-10-12-28(13-11-27)23(30)16-33-21-9-8-18(14-19(21)25)24(31)32-2/h4-9,14H,3,10-13,15-16H2,1-2H3,(H,26,29). The molecule has 0 unspecified atom stereocenters. The van der Waals surface area contributed by atoms with Gasteiger partial charge in [-0.3, -0.25) is 14.5 Å². The molecule has 3 rings (SSSR count). The Hall–Kier alpha value is -3.10. The van der Waals surface area contributed by atoms with E-state index in [2.05, 4.69) is 17.0 Å². The van der Waals surface area contributed by atoms with Crippen molar-refractivity contribution in [1.29, 1.82) is 0 Å². The quantitative estimate of drug-likeness (QED) is 0.593. The monoisotopic (exact) mass is 473 g/mol. The van der Waals surface area contributed by atoms with Crippen molar-refractivity contribution < 1.29 is 23.9 Å². The van der Waals surface area contributed by atoms with Crippen LogP contribution in [0.25, 0.3) is 0 Å². The van der Waals surface area contributed by atoms with E-state index < -0.39 is 5.97 Å². The predicted octanol–water partition coefficient (Wildman–Crippen LogP) is 2.85. The molecule has 0 aromatic heterocycles. The van der Waals surface area contributed by atoms with E-state index in [4.69, 9.17) is 16.3 Å². The zero-order valence-electron chi connectivity index (χ0n) is 18.8. The van der Waals surface area contributed by atoms with Crippen molar-refractivity contribution in [1.82, 2.24) is 9.80 Å². The molecule has 1 fully saturated rings. The van der Waals surface area contributed by atoms with Crippen molar-refractivity contribution in [2.45, 2.75) is 13.3 Å². The first-order valence-corrected chi connectivity index (χ1v) is 11.2. The van der Waals surface area contributed by atoms with Crippen LogP contribution in [0.4, 0.5) is 5.69 Å². The average molecular weight is 474 g/mol. The lowest BCUT2D eigenvalue weighted by atomic mass is 10.1. The fourth-order valence-corrected chi connectivity index (χ4v) is 3.83. The maximum atomic E-state index is 12.5. The molecule has 1 heterocycles. The van der Waals surface area contributed by atoms with Crippen LogP contribution in [-0.4, -0.2) is 74.0 Å². The number of methoxy groups -OCH3 is 1. The Morgan fingerprint density at radius 2 is 1.79 bits per heavy atom. The molecule has 1 saturated heterocycles. The smallest absolute Gasteiger partial charge is 0.337 e. The number of piperazine rings is 1. The van der Waals surface area contributed by atoms with Gasteiger partial charge in [-0.15, -0.1) is 0 Å². The van der Waals surface area contributed by atoms with E-state index >= 15 is 0 Å². The zero-order chi connectivity index (χ0) is 23.8. The van der Waals surface area contributed by atoms with E-state index in [0.717, 1.165) is 17.7 Å². The number of nitrogens with zero attached hydrogens (tertiary/aromatic N) is 2. The number of carbonyl (C=O) groups excluding carboxylic acids is 3. The van der Waals surface area contributed by atoms with Gasteiger partial charge in [-0.25, -0.2) is 4.79 Å². The second-order valence-electron chi connectivity index (χ2n) is 7.64. The van der Waals surface area contributed by atoms with Crippen LogP contribution in [0.5, 0.6) is 5.75 Å². The molecule has 0 spiro atoms. The van der Waals surface area contributed by atoms with E-state index in [0.29, 0.717) is 37.5 Å². The van der Waals surface area contributed by atoms with Crippen LogP contribution >= 0.6 is 11.6 Å². The molecule has 2 aromatic rings. The first-order valence-electron chi connectivity index (χ1n) is 10.8. The van der Waals surface area contributed by atoms with Gasteiger partial charge >= 0.3 is 5.97 Å². The maximum Gasteiger partial charge on any atom is 0.337 e. The highest BCUT2D eigenvalue weighted by molar-refractivity contribution is 6.32. The molecule has 33 heavy (non-hydrogen) atoms. The molecule has 2 amide bonds. The first-order chi connectivity index (χ1) is 15.9. The predicted molar refractivity (Wildman–Crippen MR) is 126 cm³/mol. The van der Waals surface area contributed by atoms with Crippen molar-refractivity contribution in [2.24, 2.45) is 0 Å². The number of esters is 1. The summed E-state index contributed by atoms with van der Waals surface area (Å²) in [7, 11) is 1.29. The lowest BCUT2D eigenvalue weighted by molar-refractivity contribution is -0.135. The van der Waals surface area contributed by atoms with Crippen molar-refractivity contribution in [3.8, 4) is 5.75 Å². The summed E-state index contributed by atoms with van der Waals surface area (Å²) in [6.45, 7) is 4.39. The number of ether oxygens (including phenoxy) is 2. The van der Waals surface area contributed by atoms with Gasteiger partial charge in [-0.05, 0) is 36.2 Å². The van der Waals surface area contributed by atoms with Crippen LogP contribution in [0.15, 0.2) is 42.5 Å². The van der Waals surface area contributed by atoms with Crippen LogP contribution in [0, 0.1) is 0 Å². The molecule has 1 N–H and O–H groups in total. The second kappa shape index (κ2) is 11.7. The number of hydrogen-bond donors (Lipinski definition) is 1. The molecule has 0 radical (unpaired) electrons. The van der Waals surface area contributed by atoms with Crippen LogP contribution < -0.4 is 10.1 Å². The summed E-state index contributed by atoms with van der Waals surface area (Å²) in [6, 6.07) is 12.3. The normalized spacial score (nSPS) is 14.0. The maximum absolute atomic E-state index is 12.5. The number of carbonyl (C=O) groups is 3. The third-order valence-electron chi connectivity index (χ3n) is 5.47. The van der Waals surface area contributed by atoms with Gasteiger partial charge < -0.3 is 19.7 Å². The number of nitrogens with one attached hydrogen (secondary N) is 1. The summed E-state index contributed by atoms with van der Waals surface area (Å²) in [6.07, 6.45) is 0.847. The van der Waals surface area contributed by atoms with Crippen LogP contribution in [-0.2, 0) is 20.7 Å². The molecule has 1 aliphatic heterocycles. The number of halogens is 1. The van der Waals surface area contributed by atoms with Gasteiger partial charge in [0.15, 0.2) is 6.61 Å². The van der Waals surface area contributed by atoms with Gasteiger partial charge in [0.2, 0.25) is 5.91 Å². The fourth-order valence-electron chi connectivity index (χ4n) is 3.59. The van der Waals surface area contributed by atoms with E-state index in [9.17, 15) is 14.4 Å². The molecule has 9 heteroatoms. The molecule has 0 bridgehead atoms.